The summed E-state index contributed by atoms with van der Waals surface area (Å²) in [6, 6.07) is 4.11. The molecule has 1 atom stereocenters. The molecule has 1 amide bonds. The molecule has 1 rings (SSSR count). The van der Waals surface area contributed by atoms with Crippen molar-refractivity contribution in [2.75, 3.05) is 6.54 Å². The van der Waals surface area contributed by atoms with Gasteiger partial charge in [0.05, 0.1) is 0 Å². The van der Waals surface area contributed by atoms with E-state index in [-0.39, 0.29) is 18.0 Å². The van der Waals surface area contributed by atoms with E-state index in [0.29, 0.717) is 12.2 Å². The first kappa shape index (κ1) is 14.8. The summed E-state index contributed by atoms with van der Waals surface area (Å²) in [5.74, 6) is -0.0275. The Morgan fingerprint density at radius 2 is 2.22 bits per heavy atom. The third-order valence-electron chi connectivity index (χ3n) is 3.09. The zero-order valence-corrected chi connectivity index (χ0v) is 11.6. The lowest BCUT2D eigenvalue weighted by atomic mass is 10.1. The summed E-state index contributed by atoms with van der Waals surface area (Å²) >= 11 is 0. The van der Waals surface area contributed by atoms with Gasteiger partial charge in [0.25, 0.3) is 5.91 Å². The molecular weight excluding hydrogens is 226 g/mol. The summed E-state index contributed by atoms with van der Waals surface area (Å²) in [6.45, 7) is 6.76. The number of aromatic nitrogens is 1. The molecule has 1 aromatic heterocycles. The Hall–Kier alpha value is -1.29. The van der Waals surface area contributed by atoms with E-state index >= 15 is 0 Å². The van der Waals surface area contributed by atoms with E-state index in [9.17, 15) is 4.79 Å². The standard InChI is InChI=1S/C14H25N3O/c1-4-5-7-12(10-15)16-14(18)13-8-6-9-17(13)11(2)3/h6,8-9,11-12H,4-5,7,10,15H2,1-3H3,(H,16,18). The highest BCUT2D eigenvalue weighted by Gasteiger charge is 2.16. The first-order valence-electron chi connectivity index (χ1n) is 6.77. The maximum Gasteiger partial charge on any atom is 0.268 e. The number of carbonyl (C=O) groups excluding carboxylic acids is 1. The largest absolute Gasteiger partial charge is 0.347 e. The van der Waals surface area contributed by atoms with E-state index < -0.39 is 0 Å². The highest BCUT2D eigenvalue weighted by Crippen LogP contribution is 2.11. The van der Waals surface area contributed by atoms with Crippen molar-refractivity contribution in [3.05, 3.63) is 24.0 Å². The van der Waals surface area contributed by atoms with Crippen LogP contribution in [0.15, 0.2) is 18.3 Å². The van der Waals surface area contributed by atoms with Crippen LogP contribution in [0.4, 0.5) is 0 Å². The fraction of sp³-hybridized carbons (Fsp3) is 0.643. The van der Waals surface area contributed by atoms with Crippen LogP contribution in [0.2, 0.25) is 0 Å². The fourth-order valence-electron chi connectivity index (χ4n) is 2.00. The van der Waals surface area contributed by atoms with Crippen LogP contribution in [0.25, 0.3) is 0 Å². The van der Waals surface area contributed by atoms with E-state index in [1.54, 1.807) is 0 Å². The molecule has 4 nitrogen and oxygen atoms in total. The van der Waals surface area contributed by atoms with E-state index in [1.807, 2.05) is 22.9 Å². The van der Waals surface area contributed by atoms with Gasteiger partial charge in [-0.05, 0) is 32.4 Å². The van der Waals surface area contributed by atoms with Crippen LogP contribution in [0.5, 0.6) is 0 Å². The molecule has 1 heterocycles. The quantitative estimate of drug-likeness (QED) is 0.781. The van der Waals surface area contributed by atoms with Crippen LogP contribution < -0.4 is 11.1 Å². The zero-order chi connectivity index (χ0) is 13.5. The van der Waals surface area contributed by atoms with Crippen LogP contribution >= 0.6 is 0 Å². The number of carbonyl (C=O) groups is 1. The Morgan fingerprint density at radius 3 is 2.78 bits per heavy atom. The average Bonchev–Trinajstić information content (AvgIpc) is 2.83. The van der Waals surface area contributed by atoms with Gasteiger partial charge in [0.1, 0.15) is 5.69 Å². The molecule has 1 aromatic rings. The van der Waals surface area contributed by atoms with E-state index in [1.165, 1.54) is 0 Å². The van der Waals surface area contributed by atoms with E-state index in [2.05, 4.69) is 26.1 Å². The van der Waals surface area contributed by atoms with Crippen LogP contribution in [0.3, 0.4) is 0 Å². The lowest BCUT2D eigenvalue weighted by Crippen LogP contribution is -2.40. The summed E-state index contributed by atoms with van der Waals surface area (Å²) in [6.07, 6.45) is 5.09. The molecule has 1 unspecified atom stereocenters. The maximum absolute atomic E-state index is 12.2. The van der Waals surface area contributed by atoms with Crippen molar-refractivity contribution in [2.45, 2.75) is 52.1 Å². The van der Waals surface area contributed by atoms with Crippen LogP contribution in [-0.4, -0.2) is 23.1 Å². The number of hydrogen-bond acceptors (Lipinski definition) is 2. The van der Waals surface area contributed by atoms with Gasteiger partial charge in [-0.15, -0.1) is 0 Å². The average molecular weight is 251 g/mol. The van der Waals surface area contributed by atoms with Gasteiger partial charge in [-0.1, -0.05) is 19.8 Å². The van der Waals surface area contributed by atoms with Gasteiger partial charge in [0.2, 0.25) is 0 Å². The van der Waals surface area contributed by atoms with Crippen molar-refractivity contribution in [2.24, 2.45) is 5.73 Å². The molecule has 0 aliphatic heterocycles. The first-order chi connectivity index (χ1) is 8.60. The molecule has 0 radical (unpaired) electrons. The Balaban J connectivity index is 2.66. The fourth-order valence-corrected chi connectivity index (χ4v) is 2.00. The Kier molecular flexibility index (Phi) is 5.92. The van der Waals surface area contributed by atoms with Crippen molar-refractivity contribution in [1.29, 1.82) is 0 Å². The molecule has 0 bridgehead atoms. The zero-order valence-electron chi connectivity index (χ0n) is 11.6. The molecule has 4 heteroatoms. The summed E-state index contributed by atoms with van der Waals surface area (Å²) in [7, 11) is 0. The van der Waals surface area contributed by atoms with Crippen LogP contribution in [0, 0.1) is 0 Å². The molecule has 0 aliphatic rings. The van der Waals surface area contributed by atoms with E-state index in [4.69, 9.17) is 5.73 Å². The molecule has 102 valence electrons. The first-order valence-corrected chi connectivity index (χ1v) is 6.77. The van der Waals surface area contributed by atoms with Crippen LogP contribution in [0.1, 0.15) is 56.6 Å². The highest BCUT2D eigenvalue weighted by molar-refractivity contribution is 5.93. The molecule has 0 saturated heterocycles. The topological polar surface area (TPSA) is 60.0 Å². The predicted molar refractivity (Wildman–Crippen MR) is 74.7 cm³/mol. The van der Waals surface area contributed by atoms with E-state index in [0.717, 1.165) is 19.3 Å². The van der Waals surface area contributed by atoms with Crippen molar-refractivity contribution >= 4 is 5.91 Å². The lowest BCUT2D eigenvalue weighted by molar-refractivity contribution is 0.0925. The van der Waals surface area contributed by atoms with Crippen molar-refractivity contribution < 1.29 is 4.79 Å². The van der Waals surface area contributed by atoms with Gasteiger partial charge in [-0.2, -0.15) is 0 Å². The molecule has 3 N–H and O–H groups in total. The number of nitrogens with two attached hydrogens (primary N) is 1. The molecular formula is C14H25N3O. The minimum atomic E-state index is -0.0275. The van der Waals surface area contributed by atoms with Crippen LogP contribution in [-0.2, 0) is 0 Å². The van der Waals surface area contributed by atoms with Crippen molar-refractivity contribution in [3.63, 3.8) is 0 Å². The SMILES string of the molecule is CCCCC(CN)NC(=O)c1cccn1C(C)C. The number of nitrogens with zero attached hydrogens (tertiary/aromatic N) is 1. The number of hydrogen-bond donors (Lipinski definition) is 2. The number of rotatable bonds is 7. The second-order valence-corrected chi connectivity index (χ2v) is 4.94. The number of unbranched alkanes of at least 4 members (excludes halogenated alkanes) is 1. The summed E-state index contributed by atoms with van der Waals surface area (Å²) in [4.78, 5) is 12.2. The second kappa shape index (κ2) is 7.21. The van der Waals surface area contributed by atoms with Gasteiger partial charge < -0.3 is 15.6 Å². The Labute approximate surface area is 110 Å². The molecule has 0 spiro atoms. The lowest BCUT2D eigenvalue weighted by Gasteiger charge is -2.18. The molecule has 0 aliphatic carbocycles. The van der Waals surface area contributed by atoms with Crippen molar-refractivity contribution in [3.8, 4) is 0 Å². The van der Waals surface area contributed by atoms with Gasteiger partial charge in [0, 0.05) is 24.8 Å². The minimum absolute atomic E-state index is 0.0275. The Bertz CT molecular complexity index is 371. The molecule has 0 saturated carbocycles. The van der Waals surface area contributed by atoms with Gasteiger partial charge in [-0.25, -0.2) is 0 Å². The molecule has 0 aromatic carbocycles. The third kappa shape index (κ3) is 3.88. The summed E-state index contributed by atoms with van der Waals surface area (Å²) in [5, 5.41) is 3.01. The Morgan fingerprint density at radius 1 is 1.50 bits per heavy atom. The monoisotopic (exact) mass is 251 g/mol. The minimum Gasteiger partial charge on any atom is -0.347 e. The normalized spacial score (nSPS) is 12.7. The maximum atomic E-state index is 12.2. The van der Waals surface area contributed by atoms with Gasteiger partial charge >= 0.3 is 0 Å². The third-order valence-corrected chi connectivity index (χ3v) is 3.09. The summed E-state index contributed by atoms with van der Waals surface area (Å²) < 4.78 is 1.97. The summed E-state index contributed by atoms with van der Waals surface area (Å²) in [5.41, 5.74) is 6.40. The second-order valence-electron chi connectivity index (χ2n) is 4.94. The van der Waals surface area contributed by atoms with Crippen molar-refractivity contribution in [1.82, 2.24) is 9.88 Å². The van der Waals surface area contributed by atoms with Gasteiger partial charge in [-0.3, -0.25) is 4.79 Å². The highest BCUT2D eigenvalue weighted by atomic mass is 16.2. The van der Waals surface area contributed by atoms with Gasteiger partial charge in [0.15, 0.2) is 0 Å². The predicted octanol–water partition coefficient (Wildman–Crippen LogP) is 2.32. The molecule has 18 heavy (non-hydrogen) atoms. The smallest absolute Gasteiger partial charge is 0.268 e. The molecule has 0 fully saturated rings. The number of nitrogens with one attached hydrogen (secondary N) is 1. The number of amides is 1.